The highest BCUT2D eigenvalue weighted by Gasteiger charge is 2.34. The van der Waals surface area contributed by atoms with Gasteiger partial charge in [0.1, 0.15) is 0 Å². The summed E-state index contributed by atoms with van der Waals surface area (Å²) in [5, 5.41) is 0.293. The number of benzene rings is 1. The Morgan fingerprint density at radius 1 is 1.00 bits per heavy atom. The third-order valence-corrected chi connectivity index (χ3v) is 4.76. The second kappa shape index (κ2) is 7.85. The minimum Gasteiger partial charge on any atom is -0.338 e. The molecule has 6 nitrogen and oxygen atoms in total. The number of Topliss-reactive ketones (excluding diaryl/α,β-unsaturated/α-hetero) is 1. The lowest BCUT2D eigenvalue weighted by atomic mass is 10.0. The number of aromatic nitrogens is 1. The van der Waals surface area contributed by atoms with Crippen LogP contribution in [-0.2, 0) is 4.79 Å². The lowest BCUT2D eigenvalue weighted by Crippen LogP contribution is -2.51. The van der Waals surface area contributed by atoms with Crippen molar-refractivity contribution in [3.05, 3.63) is 69.6 Å². The molecule has 2 aromatic rings. The first kappa shape index (κ1) is 18.4. The van der Waals surface area contributed by atoms with Crippen LogP contribution < -0.4 is 5.56 Å². The average Bonchev–Trinajstić information content (AvgIpc) is 2.66. The van der Waals surface area contributed by atoms with Crippen LogP contribution in [0, 0.1) is 0 Å². The van der Waals surface area contributed by atoms with Gasteiger partial charge in [0, 0.05) is 44.0 Å². The van der Waals surface area contributed by atoms with E-state index in [1.54, 1.807) is 35.2 Å². The molecule has 2 heterocycles. The lowest BCUT2D eigenvalue weighted by molar-refractivity contribution is -0.135. The van der Waals surface area contributed by atoms with Crippen LogP contribution in [0.2, 0.25) is 5.02 Å². The number of amides is 1. The molecule has 0 spiro atoms. The maximum atomic E-state index is 13.2. The predicted molar refractivity (Wildman–Crippen MR) is 99.6 cm³/mol. The van der Waals surface area contributed by atoms with Gasteiger partial charge in [-0.25, -0.2) is 0 Å². The zero-order chi connectivity index (χ0) is 18.7. The second-order valence-corrected chi connectivity index (χ2v) is 6.79. The van der Waals surface area contributed by atoms with Crippen LogP contribution in [0.5, 0.6) is 0 Å². The standard InChI is InChI=1S/C19H20ClN3O3/c1-21-9-11-22(12-10-21)19(26)17(18(25)14-5-3-2-4-6-14)23-13-15(20)7-8-16(23)24/h2-8,13,17H,9-12H2,1H3/t17-/m1/s1. The Labute approximate surface area is 156 Å². The van der Waals surface area contributed by atoms with Crippen molar-refractivity contribution in [2.75, 3.05) is 33.2 Å². The molecule has 0 saturated carbocycles. The zero-order valence-electron chi connectivity index (χ0n) is 14.5. The van der Waals surface area contributed by atoms with Crippen LogP contribution in [0.25, 0.3) is 0 Å². The van der Waals surface area contributed by atoms with Crippen molar-refractivity contribution in [1.29, 1.82) is 0 Å². The van der Waals surface area contributed by atoms with E-state index in [4.69, 9.17) is 11.6 Å². The predicted octanol–water partition coefficient (Wildman–Crippen LogP) is 1.70. The van der Waals surface area contributed by atoms with Crippen LogP contribution >= 0.6 is 11.6 Å². The summed E-state index contributed by atoms with van der Waals surface area (Å²) >= 11 is 6.02. The van der Waals surface area contributed by atoms with E-state index in [1.165, 1.54) is 18.3 Å². The SMILES string of the molecule is CN1CCN(C(=O)[C@@H](C(=O)c2ccccc2)n2cc(Cl)ccc2=O)CC1. The summed E-state index contributed by atoms with van der Waals surface area (Å²) in [6.45, 7) is 2.48. The number of hydrogen-bond acceptors (Lipinski definition) is 4. The fourth-order valence-electron chi connectivity index (χ4n) is 3.00. The van der Waals surface area contributed by atoms with Crippen LogP contribution in [0.3, 0.4) is 0 Å². The van der Waals surface area contributed by atoms with E-state index < -0.39 is 17.4 Å². The molecular weight excluding hydrogens is 354 g/mol. The van der Waals surface area contributed by atoms with Gasteiger partial charge in [-0.05, 0) is 13.1 Å². The summed E-state index contributed by atoms with van der Waals surface area (Å²) in [7, 11) is 1.98. The number of likely N-dealkylation sites (N-methyl/N-ethyl adjacent to an activating group) is 1. The van der Waals surface area contributed by atoms with Crippen molar-refractivity contribution in [3.63, 3.8) is 0 Å². The van der Waals surface area contributed by atoms with Crippen LogP contribution in [0.15, 0.2) is 53.5 Å². The summed E-state index contributed by atoms with van der Waals surface area (Å²) in [6, 6.07) is 9.99. The minimum atomic E-state index is -1.26. The molecule has 3 rings (SSSR count). The topological polar surface area (TPSA) is 62.6 Å². The first-order valence-electron chi connectivity index (χ1n) is 8.41. The maximum Gasteiger partial charge on any atom is 0.253 e. The Balaban J connectivity index is 2.01. The molecule has 1 aliphatic heterocycles. The van der Waals surface area contributed by atoms with Crippen molar-refractivity contribution < 1.29 is 9.59 Å². The Kier molecular flexibility index (Phi) is 5.54. The highest BCUT2D eigenvalue weighted by atomic mass is 35.5. The van der Waals surface area contributed by atoms with Gasteiger partial charge in [-0.1, -0.05) is 41.9 Å². The highest BCUT2D eigenvalue weighted by molar-refractivity contribution is 6.30. The highest BCUT2D eigenvalue weighted by Crippen LogP contribution is 2.19. The molecule has 1 saturated heterocycles. The number of pyridine rings is 1. The van der Waals surface area contributed by atoms with E-state index in [0.29, 0.717) is 23.7 Å². The van der Waals surface area contributed by atoms with Gasteiger partial charge in [0.25, 0.3) is 11.5 Å². The molecule has 136 valence electrons. The Hall–Kier alpha value is -2.44. The number of carbonyl (C=O) groups excluding carboxylic acids is 2. The Morgan fingerprint density at radius 2 is 1.65 bits per heavy atom. The fourth-order valence-corrected chi connectivity index (χ4v) is 3.16. The van der Waals surface area contributed by atoms with E-state index in [-0.39, 0.29) is 5.91 Å². The first-order valence-corrected chi connectivity index (χ1v) is 8.79. The smallest absolute Gasteiger partial charge is 0.253 e. The maximum absolute atomic E-state index is 13.2. The van der Waals surface area contributed by atoms with Gasteiger partial charge in [-0.2, -0.15) is 0 Å². The van der Waals surface area contributed by atoms with Crippen LogP contribution in [-0.4, -0.2) is 59.3 Å². The first-order chi connectivity index (χ1) is 12.5. The number of halogens is 1. The summed E-state index contributed by atoms with van der Waals surface area (Å²) < 4.78 is 1.14. The summed E-state index contributed by atoms with van der Waals surface area (Å²) in [4.78, 5) is 42.4. The van der Waals surface area contributed by atoms with Crippen molar-refractivity contribution >= 4 is 23.3 Å². The number of rotatable bonds is 4. The van der Waals surface area contributed by atoms with Crippen LogP contribution in [0.1, 0.15) is 16.4 Å². The summed E-state index contributed by atoms with van der Waals surface area (Å²) in [5.74, 6) is -0.796. The molecule has 1 amide bonds. The quantitative estimate of drug-likeness (QED) is 0.604. The third-order valence-electron chi connectivity index (χ3n) is 4.54. The largest absolute Gasteiger partial charge is 0.338 e. The third kappa shape index (κ3) is 3.86. The number of piperazine rings is 1. The molecule has 0 bridgehead atoms. The van der Waals surface area contributed by atoms with E-state index >= 15 is 0 Å². The molecule has 0 radical (unpaired) electrons. The second-order valence-electron chi connectivity index (χ2n) is 6.35. The van der Waals surface area contributed by atoms with E-state index in [2.05, 4.69) is 4.90 Å². The average molecular weight is 374 g/mol. The van der Waals surface area contributed by atoms with E-state index in [9.17, 15) is 14.4 Å². The molecule has 7 heteroatoms. The van der Waals surface area contributed by atoms with Crippen molar-refractivity contribution in [2.24, 2.45) is 0 Å². The lowest BCUT2D eigenvalue weighted by Gasteiger charge is -2.34. The molecule has 0 N–H and O–H groups in total. The van der Waals surface area contributed by atoms with E-state index in [1.807, 2.05) is 7.05 Å². The van der Waals surface area contributed by atoms with Crippen molar-refractivity contribution in [1.82, 2.24) is 14.4 Å². The molecular formula is C19H20ClN3O3. The number of ketones is 1. The summed E-state index contributed by atoms with van der Waals surface area (Å²) in [5.41, 5.74) is -0.0574. The van der Waals surface area contributed by atoms with Gasteiger partial charge in [0.15, 0.2) is 11.8 Å². The van der Waals surface area contributed by atoms with Gasteiger partial charge in [-0.3, -0.25) is 19.0 Å². The number of carbonyl (C=O) groups is 2. The monoisotopic (exact) mass is 373 g/mol. The molecule has 1 aliphatic rings. The summed E-state index contributed by atoms with van der Waals surface area (Å²) in [6.07, 6.45) is 1.35. The van der Waals surface area contributed by atoms with Crippen molar-refractivity contribution in [3.8, 4) is 0 Å². The van der Waals surface area contributed by atoms with Crippen molar-refractivity contribution in [2.45, 2.75) is 6.04 Å². The number of hydrogen-bond donors (Lipinski definition) is 0. The normalized spacial score (nSPS) is 16.3. The van der Waals surface area contributed by atoms with Crippen LogP contribution in [0.4, 0.5) is 0 Å². The molecule has 1 aromatic carbocycles. The molecule has 1 fully saturated rings. The Morgan fingerprint density at radius 3 is 2.31 bits per heavy atom. The van der Waals surface area contributed by atoms with Gasteiger partial charge in [-0.15, -0.1) is 0 Å². The number of nitrogens with zero attached hydrogens (tertiary/aromatic N) is 3. The molecule has 1 atom stereocenters. The molecule has 0 aliphatic carbocycles. The van der Waals surface area contributed by atoms with Gasteiger partial charge in [0.2, 0.25) is 0 Å². The van der Waals surface area contributed by atoms with Gasteiger partial charge < -0.3 is 9.80 Å². The van der Waals surface area contributed by atoms with E-state index in [0.717, 1.165) is 17.7 Å². The Bertz CT molecular complexity index is 858. The molecule has 26 heavy (non-hydrogen) atoms. The fraction of sp³-hybridized carbons (Fsp3) is 0.316. The minimum absolute atomic E-state index is 0.293. The van der Waals surface area contributed by atoms with Gasteiger partial charge >= 0.3 is 0 Å². The van der Waals surface area contributed by atoms with Gasteiger partial charge in [0.05, 0.1) is 5.02 Å². The molecule has 1 aromatic heterocycles. The zero-order valence-corrected chi connectivity index (χ0v) is 15.2. The molecule has 0 unspecified atom stereocenters.